The lowest BCUT2D eigenvalue weighted by atomic mass is 10.2. The minimum atomic E-state index is -0.502. The van der Waals surface area contributed by atoms with Gasteiger partial charge in [0.1, 0.15) is 18.0 Å². The molecule has 0 saturated heterocycles. The lowest BCUT2D eigenvalue weighted by molar-refractivity contribution is -0.116. The maximum Gasteiger partial charge on any atom is 0.355 e. The maximum absolute atomic E-state index is 12.6. The molecule has 1 aliphatic rings. The Morgan fingerprint density at radius 2 is 2.00 bits per heavy atom. The Balaban J connectivity index is 1.59. The van der Waals surface area contributed by atoms with Gasteiger partial charge < -0.3 is 28.5 Å². The number of esters is 1. The van der Waals surface area contributed by atoms with Crippen LogP contribution in [0.5, 0.6) is 11.5 Å². The topological polar surface area (TPSA) is 91.9 Å². The summed E-state index contributed by atoms with van der Waals surface area (Å²) in [6.07, 6.45) is 0. The largest absolute Gasteiger partial charge is 0.461 e. The van der Waals surface area contributed by atoms with Crippen molar-refractivity contribution in [2.24, 2.45) is 0 Å². The molecule has 0 saturated carbocycles. The van der Waals surface area contributed by atoms with Gasteiger partial charge in [0, 0.05) is 23.9 Å². The van der Waals surface area contributed by atoms with E-state index in [4.69, 9.17) is 18.6 Å². The number of amides is 1. The molecule has 0 fully saturated rings. The lowest BCUT2D eigenvalue weighted by Gasteiger charge is -2.10. The number of rotatable bonds is 5. The van der Waals surface area contributed by atoms with Crippen molar-refractivity contribution in [2.75, 3.05) is 18.7 Å². The van der Waals surface area contributed by atoms with Crippen LogP contribution in [0.4, 0.5) is 5.69 Å². The second kappa shape index (κ2) is 6.71. The number of hydrogen-bond donors (Lipinski definition) is 1. The molecule has 140 valence electrons. The number of nitrogens with zero attached hydrogens (tertiary/aromatic N) is 1. The van der Waals surface area contributed by atoms with Crippen LogP contribution in [0.3, 0.4) is 0 Å². The Hall–Kier alpha value is -3.42. The van der Waals surface area contributed by atoms with Crippen molar-refractivity contribution in [1.29, 1.82) is 0 Å². The molecule has 4 rings (SSSR count). The molecule has 0 unspecified atom stereocenters. The van der Waals surface area contributed by atoms with E-state index in [2.05, 4.69) is 5.32 Å². The molecule has 1 N–H and O–H groups in total. The van der Waals surface area contributed by atoms with Gasteiger partial charge in [0.15, 0.2) is 17.1 Å². The highest BCUT2D eigenvalue weighted by Crippen LogP contribution is 2.34. The molecular formula is C19H18N2O6. The van der Waals surface area contributed by atoms with E-state index in [1.807, 2.05) is 0 Å². The average molecular weight is 370 g/mol. The zero-order chi connectivity index (χ0) is 19.0. The number of anilines is 1. The van der Waals surface area contributed by atoms with Crippen LogP contribution in [0.2, 0.25) is 0 Å². The van der Waals surface area contributed by atoms with E-state index in [1.165, 1.54) is 0 Å². The Morgan fingerprint density at radius 1 is 1.19 bits per heavy atom. The fourth-order valence-electron chi connectivity index (χ4n) is 3.03. The summed E-state index contributed by atoms with van der Waals surface area (Å²) in [4.78, 5) is 24.8. The highest BCUT2D eigenvalue weighted by atomic mass is 16.7. The Labute approximate surface area is 154 Å². The molecule has 3 aromatic rings. The van der Waals surface area contributed by atoms with Gasteiger partial charge in [-0.05, 0) is 26.0 Å². The number of furan rings is 1. The molecule has 8 heteroatoms. The number of carbonyl (C=O) groups is 2. The average Bonchev–Trinajstić information content (AvgIpc) is 3.30. The zero-order valence-electron chi connectivity index (χ0n) is 14.9. The van der Waals surface area contributed by atoms with E-state index in [0.717, 1.165) is 0 Å². The molecule has 3 heterocycles. The standard InChI is InChI=1S/C19H18N2O6/c1-3-24-19(23)14-8-16-13(6-11(2)27-16)21(14)9-18(22)20-12-4-5-15-17(7-12)26-10-25-15/h4-8H,3,9-10H2,1-2H3,(H,20,22). The van der Waals surface area contributed by atoms with Crippen molar-refractivity contribution in [1.82, 2.24) is 4.57 Å². The molecule has 0 bridgehead atoms. The Bertz CT molecular complexity index is 1030. The van der Waals surface area contributed by atoms with Crippen molar-refractivity contribution in [3.05, 3.63) is 41.8 Å². The second-order valence-electron chi connectivity index (χ2n) is 6.06. The van der Waals surface area contributed by atoms with Gasteiger partial charge in [-0.2, -0.15) is 0 Å². The molecule has 0 radical (unpaired) electrons. The monoisotopic (exact) mass is 370 g/mol. The first-order chi connectivity index (χ1) is 13.0. The van der Waals surface area contributed by atoms with Crippen LogP contribution in [0.25, 0.3) is 11.1 Å². The smallest absolute Gasteiger partial charge is 0.355 e. The summed E-state index contributed by atoms with van der Waals surface area (Å²) in [5.41, 5.74) is 2.04. The van der Waals surface area contributed by atoms with E-state index in [1.54, 1.807) is 48.7 Å². The molecule has 1 aliphatic heterocycles. The van der Waals surface area contributed by atoms with Gasteiger partial charge in [0.2, 0.25) is 12.7 Å². The number of ether oxygens (including phenoxy) is 3. The van der Waals surface area contributed by atoms with Crippen LogP contribution < -0.4 is 14.8 Å². The third-order valence-electron chi connectivity index (χ3n) is 4.16. The van der Waals surface area contributed by atoms with Crippen molar-refractivity contribution in [3.63, 3.8) is 0 Å². The fraction of sp³-hybridized carbons (Fsp3) is 0.263. The van der Waals surface area contributed by atoms with Crippen LogP contribution in [0, 0.1) is 6.92 Å². The number of nitrogens with one attached hydrogen (secondary N) is 1. The molecular weight excluding hydrogens is 352 g/mol. The maximum atomic E-state index is 12.6. The van der Waals surface area contributed by atoms with Crippen LogP contribution in [-0.4, -0.2) is 29.8 Å². The SMILES string of the molecule is CCOC(=O)c1cc2oc(C)cc2n1CC(=O)Nc1ccc2c(c1)OCO2. The van der Waals surface area contributed by atoms with Gasteiger partial charge in [-0.15, -0.1) is 0 Å². The first kappa shape index (κ1) is 17.0. The summed E-state index contributed by atoms with van der Waals surface area (Å²) >= 11 is 0. The minimum Gasteiger partial charge on any atom is -0.461 e. The first-order valence-corrected chi connectivity index (χ1v) is 8.51. The van der Waals surface area contributed by atoms with E-state index in [-0.39, 0.29) is 31.5 Å². The van der Waals surface area contributed by atoms with E-state index >= 15 is 0 Å². The molecule has 0 atom stereocenters. The van der Waals surface area contributed by atoms with Gasteiger partial charge in [0.05, 0.1) is 12.1 Å². The van der Waals surface area contributed by atoms with Gasteiger partial charge in [-0.3, -0.25) is 4.79 Å². The number of aryl methyl sites for hydroxylation is 1. The Kier molecular flexibility index (Phi) is 4.23. The third kappa shape index (κ3) is 3.21. The fourth-order valence-corrected chi connectivity index (χ4v) is 3.03. The molecule has 2 aromatic heterocycles. The van der Waals surface area contributed by atoms with Gasteiger partial charge in [-0.25, -0.2) is 4.79 Å². The molecule has 1 aromatic carbocycles. The summed E-state index contributed by atoms with van der Waals surface area (Å²) in [5, 5.41) is 2.80. The van der Waals surface area contributed by atoms with Crippen LogP contribution in [-0.2, 0) is 16.1 Å². The van der Waals surface area contributed by atoms with E-state index in [9.17, 15) is 9.59 Å². The van der Waals surface area contributed by atoms with Crippen molar-refractivity contribution in [2.45, 2.75) is 20.4 Å². The van der Waals surface area contributed by atoms with Crippen molar-refractivity contribution < 1.29 is 28.2 Å². The lowest BCUT2D eigenvalue weighted by Crippen LogP contribution is -2.22. The van der Waals surface area contributed by atoms with Gasteiger partial charge in [-0.1, -0.05) is 0 Å². The number of aromatic nitrogens is 1. The molecule has 27 heavy (non-hydrogen) atoms. The number of hydrogen-bond acceptors (Lipinski definition) is 6. The highest BCUT2D eigenvalue weighted by molar-refractivity contribution is 5.97. The number of benzene rings is 1. The van der Waals surface area contributed by atoms with E-state index < -0.39 is 5.97 Å². The van der Waals surface area contributed by atoms with E-state index in [0.29, 0.717) is 34.0 Å². The second-order valence-corrected chi connectivity index (χ2v) is 6.06. The summed E-state index contributed by atoms with van der Waals surface area (Å²) in [6.45, 7) is 3.88. The summed E-state index contributed by atoms with van der Waals surface area (Å²) < 4.78 is 22.8. The summed E-state index contributed by atoms with van der Waals surface area (Å²) in [7, 11) is 0. The molecule has 8 nitrogen and oxygen atoms in total. The number of fused-ring (bicyclic) bond motifs is 2. The van der Waals surface area contributed by atoms with Crippen LogP contribution in [0.15, 0.2) is 34.7 Å². The molecule has 1 amide bonds. The van der Waals surface area contributed by atoms with Crippen molar-refractivity contribution >= 4 is 28.7 Å². The minimum absolute atomic E-state index is 0.0644. The normalized spacial score (nSPS) is 12.4. The highest BCUT2D eigenvalue weighted by Gasteiger charge is 2.21. The molecule has 0 spiro atoms. The summed E-state index contributed by atoms with van der Waals surface area (Å²) in [5.74, 6) is 1.11. The predicted molar refractivity (Wildman–Crippen MR) is 96.1 cm³/mol. The predicted octanol–water partition coefficient (Wildman–Crippen LogP) is 3.09. The third-order valence-corrected chi connectivity index (χ3v) is 4.16. The number of carbonyl (C=O) groups excluding carboxylic acids is 2. The van der Waals surface area contributed by atoms with Gasteiger partial charge >= 0.3 is 5.97 Å². The van der Waals surface area contributed by atoms with Crippen LogP contribution >= 0.6 is 0 Å². The molecule has 0 aliphatic carbocycles. The quantitative estimate of drug-likeness (QED) is 0.694. The van der Waals surface area contributed by atoms with Gasteiger partial charge in [0.25, 0.3) is 0 Å². The Morgan fingerprint density at radius 3 is 2.81 bits per heavy atom. The first-order valence-electron chi connectivity index (χ1n) is 8.51. The van der Waals surface area contributed by atoms with Crippen molar-refractivity contribution in [3.8, 4) is 11.5 Å². The van der Waals surface area contributed by atoms with Crippen LogP contribution in [0.1, 0.15) is 23.2 Å². The summed E-state index contributed by atoms with van der Waals surface area (Å²) in [6, 6.07) is 8.53. The zero-order valence-corrected chi connectivity index (χ0v) is 14.9.